The third kappa shape index (κ3) is 21.5. The predicted molar refractivity (Wildman–Crippen MR) is 157 cm³/mol. The van der Waals surface area contributed by atoms with Crippen LogP contribution in [-0.4, -0.2) is 75.2 Å². The molecule has 4 rings (SSSR count). The summed E-state index contributed by atoms with van der Waals surface area (Å²) in [5, 5.41) is 16.0. The molecule has 228 valence electrons. The maximum absolute atomic E-state index is 11.6. The molecule has 0 aromatic rings. The molecule has 0 aliphatic carbocycles. The normalized spacial score (nSPS) is 22.8. The summed E-state index contributed by atoms with van der Waals surface area (Å²) in [6.07, 6.45) is 1.83. The van der Waals surface area contributed by atoms with Gasteiger partial charge in [0.2, 0.25) is 0 Å². The molecule has 0 amide bonds. The van der Waals surface area contributed by atoms with Gasteiger partial charge in [-0.3, -0.25) is 9.13 Å². The molecule has 0 N–H and O–H groups in total. The molecule has 0 radical (unpaired) electrons. The van der Waals surface area contributed by atoms with E-state index in [1.54, 1.807) is 0 Å². The van der Waals surface area contributed by atoms with Crippen LogP contribution in [0.1, 0.15) is 68.2 Å². The van der Waals surface area contributed by atoms with E-state index >= 15 is 0 Å². The van der Waals surface area contributed by atoms with Crippen molar-refractivity contribution in [1.82, 2.24) is 0 Å². The standard InChI is InChI=1S/C6H13N2OP.C6H13O3P.C5H11N2OP.C5H11O3P.4Rb/c1-6(2)10(9)7-4-3-5-8-10;1-6(2)10(7)8-4-3-5-9-10;1-5(2)9(8)6-3-4-7-9;1-5(2)9(6)7-3-4-8-9;;;;/h2*6H,3-5H2,1-2H3;2*5H,3-4H2,1-2H3;;;;/q-2;;-2;;4*+1. The minimum Gasteiger partial charge on any atom is -0.621 e. The third-order valence-electron chi connectivity index (χ3n) is 5.69. The summed E-state index contributed by atoms with van der Waals surface area (Å²) < 4.78 is 65.7. The van der Waals surface area contributed by atoms with Gasteiger partial charge in [0.1, 0.15) is 0 Å². The van der Waals surface area contributed by atoms with Crippen molar-refractivity contribution in [3.8, 4) is 0 Å². The number of hydrogen-bond acceptors (Lipinski definition) is 8. The Labute approximate surface area is 451 Å². The first-order valence-electron chi connectivity index (χ1n) is 13.3. The molecule has 42 heavy (non-hydrogen) atoms. The SMILES string of the molecule is CC(C)P1(=O)OCCCO1.CC(C)P1(=O)OCCO1.CC(C)P1(=O)[N-]CCC[N-]1.CC(C)P1(=O)[N-]CC[N-]1.[Rb+].[Rb+].[Rb+].[Rb+]. The molecule has 0 aromatic heterocycles. The van der Waals surface area contributed by atoms with Gasteiger partial charge in [-0.05, 0) is 17.7 Å². The van der Waals surface area contributed by atoms with Crippen LogP contribution < -0.4 is 233 Å². The van der Waals surface area contributed by atoms with Gasteiger partial charge in [-0.25, -0.2) is 0 Å². The Morgan fingerprint density at radius 1 is 0.429 bits per heavy atom. The molecule has 4 heterocycles. The van der Waals surface area contributed by atoms with Crippen molar-refractivity contribution < 1.29 is 269 Å². The Kier molecular flexibility index (Phi) is 39.3. The maximum atomic E-state index is 11.6. The van der Waals surface area contributed by atoms with Gasteiger partial charge < -0.3 is 47.6 Å². The van der Waals surface area contributed by atoms with Gasteiger partial charge in [0.25, 0.3) is 0 Å². The molecule has 0 bridgehead atoms. The minimum atomic E-state index is -2.69. The van der Waals surface area contributed by atoms with Crippen molar-refractivity contribution in [2.24, 2.45) is 0 Å². The smallest absolute Gasteiger partial charge is 0.621 e. The first-order chi connectivity index (χ1) is 17.6. The number of nitrogens with zero attached hydrogens (tertiary/aromatic N) is 4. The van der Waals surface area contributed by atoms with Crippen LogP contribution in [0.2, 0.25) is 0 Å². The van der Waals surface area contributed by atoms with Crippen molar-refractivity contribution >= 4 is 30.1 Å². The zero-order valence-corrected chi connectivity index (χ0v) is 51.5. The summed E-state index contributed by atoms with van der Waals surface area (Å²) in [6.45, 7) is 19.9. The number of hydrogen-bond donors (Lipinski definition) is 0. The van der Waals surface area contributed by atoms with Crippen molar-refractivity contribution in [3.05, 3.63) is 20.3 Å². The first-order valence-corrected chi connectivity index (χ1v) is 19.9. The van der Waals surface area contributed by atoms with Crippen LogP contribution >= 0.6 is 30.1 Å². The summed E-state index contributed by atoms with van der Waals surface area (Å²) in [4.78, 5) is 0. The fourth-order valence-corrected chi connectivity index (χ4v) is 8.92. The molecule has 20 heteroatoms. The van der Waals surface area contributed by atoms with Crippen molar-refractivity contribution in [2.75, 3.05) is 52.6 Å². The Balaban J connectivity index is -0.000000222. The zero-order chi connectivity index (χ0) is 29.0. The quantitative estimate of drug-likeness (QED) is 0.266. The van der Waals surface area contributed by atoms with Crippen LogP contribution in [0, 0.1) is 0 Å². The predicted octanol–water partition coefficient (Wildman–Crippen LogP) is -3.24. The van der Waals surface area contributed by atoms with Gasteiger partial charge in [0.15, 0.2) is 0 Å². The van der Waals surface area contributed by atoms with E-state index < -0.39 is 30.1 Å². The Hall–Kier alpha value is 7.82. The maximum Gasteiger partial charge on any atom is 1.00 e. The van der Waals surface area contributed by atoms with Crippen LogP contribution in [0.4, 0.5) is 0 Å². The van der Waals surface area contributed by atoms with Gasteiger partial charge in [-0.15, -0.1) is 13.1 Å². The monoisotopic (exact) mass is 960 g/mol. The van der Waals surface area contributed by atoms with Gasteiger partial charge >= 0.3 is 248 Å². The molecule has 0 saturated carbocycles. The topological polar surface area (TPSA) is 162 Å². The second-order valence-corrected chi connectivity index (χ2v) is 20.9. The molecule has 4 aliphatic rings. The van der Waals surface area contributed by atoms with E-state index in [9.17, 15) is 18.3 Å². The van der Waals surface area contributed by atoms with E-state index in [4.69, 9.17) is 18.1 Å². The fourth-order valence-electron chi connectivity index (χ4n) is 3.06. The summed E-state index contributed by atoms with van der Waals surface area (Å²) in [5.74, 6) is 0. The molecule has 4 saturated heterocycles. The Morgan fingerprint density at radius 3 is 0.929 bits per heavy atom. The molecular formula is C22H48N4O8P4Rb4. The zero-order valence-electron chi connectivity index (χ0n) is 28.2. The second-order valence-electron chi connectivity index (χ2n) is 10.1. The van der Waals surface area contributed by atoms with Crippen LogP contribution in [-0.2, 0) is 36.4 Å². The van der Waals surface area contributed by atoms with Crippen molar-refractivity contribution in [3.63, 3.8) is 0 Å². The van der Waals surface area contributed by atoms with Gasteiger partial charge in [0, 0.05) is 0 Å². The minimum absolute atomic E-state index is 0. The van der Waals surface area contributed by atoms with Crippen molar-refractivity contribution in [2.45, 2.75) is 90.9 Å². The molecule has 0 spiro atoms. The fraction of sp³-hybridized carbons (Fsp3) is 1.00. The van der Waals surface area contributed by atoms with Gasteiger partial charge in [0.05, 0.1) is 37.7 Å². The second kappa shape index (κ2) is 29.2. The van der Waals surface area contributed by atoms with Crippen LogP contribution in [0.15, 0.2) is 0 Å². The number of rotatable bonds is 4. The molecule has 0 unspecified atom stereocenters. The molecule has 12 nitrogen and oxygen atoms in total. The van der Waals surface area contributed by atoms with Gasteiger partial charge in [-0.2, -0.15) is 13.1 Å². The summed E-state index contributed by atoms with van der Waals surface area (Å²) in [7, 11) is -10.2. The molecule has 4 fully saturated rings. The largest absolute Gasteiger partial charge is 1.00 e. The molecule has 0 aromatic carbocycles. The van der Waals surface area contributed by atoms with Crippen molar-refractivity contribution in [1.29, 1.82) is 0 Å². The van der Waals surface area contributed by atoms with E-state index in [1.165, 1.54) is 0 Å². The summed E-state index contributed by atoms with van der Waals surface area (Å²) >= 11 is 0. The van der Waals surface area contributed by atoms with Crippen LogP contribution in [0.25, 0.3) is 20.3 Å². The van der Waals surface area contributed by atoms with Crippen LogP contribution in [0.3, 0.4) is 0 Å². The molecular weight excluding hydrogens is 914 g/mol. The average molecular weight is 962 g/mol. The van der Waals surface area contributed by atoms with E-state index in [2.05, 4.69) is 20.3 Å². The van der Waals surface area contributed by atoms with E-state index in [1.807, 2.05) is 55.4 Å². The van der Waals surface area contributed by atoms with E-state index in [0.717, 1.165) is 25.9 Å². The van der Waals surface area contributed by atoms with Gasteiger partial charge in [-0.1, -0.05) is 76.7 Å². The molecule has 4 aliphatic heterocycles. The summed E-state index contributed by atoms with van der Waals surface area (Å²) in [6, 6.07) is 0. The van der Waals surface area contributed by atoms with E-state index in [-0.39, 0.29) is 255 Å². The first kappa shape index (κ1) is 56.6. The van der Waals surface area contributed by atoms with E-state index in [0.29, 0.717) is 39.5 Å². The third-order valence-corrected chi connectivity index (χ3v) is 15.5. The molecule has 0 atom stereocenters. The van der Waals surface area contributed by atoms with Crippen LogP contribution in [0.5, 0.6) is 0 Å². The average Bonchev–Trinajstić information content (AvgIpc) is 3.51. The summed E-state index contributed by atoms with van der Waals surface area (Å²) in [5.41, 5.74) is 0.209. The Bertz CT molecular complexity index is 796. The Morgan fingerprint density at radius 2 is 0.714 bits per heavy atom.